The summed E-state index contributed by atoms with van der Waals surface area (Å²) >= 11 is 0. The summed E-state index contributed by atoms with van der Waals surface area (Å²) in [4.78, 5) is 2.49. The predicted octanol–water partition coefficient (Wildman–Crippen LogP) is 1.30. The van der Waals surface area contributed by atoms with Crippen molar-refractivity contribution in [1.82, 2.24) is 4.90 Å². The molecule has 0 amide bonds. The fraction of sp³-hybridized carbons (Fsp3) is 1.00. The second-order valence-electron chi connectivity index (χ2n) is 2.43. The van der Waals surface area contributed by atoms with Crippen LogP contribution in [0.4, 0.5) is 0 Å². The highest BCUT2D eigenvalue weighted by Gasteiger charge is 1.95. The van der Waals surface area contributed by atoms with Gasteiger partial charge in [-0.15, -0.1) is 0 Å². The van der Waals surface area contributed by atoms with E-state index in [1.165, 1.54) is 32.5 Å². The van der Waals surface area contributed by atoms with Gasteiger partial charge in [-0.3, -0.25) is 0 Å². The van der Waals surface area contributed by atoms with Crippen molar-refractivity contribution in [2.24, 2.45) is 0 Å². The molecule has 0 aromatic rings. The first-order valence-electron chi connectivity index (χ1n) is 4.07. The molecule has 0 bridgehead atoms. The second kappa shape index (κ2) is 8.92. The first-order chi connectivity index (χ1) is 4.35. The number of hydrogen-bond acceptors (Lipinski definition) is 1. The molecule has 0 saturated heterocycles. The minimum Gasteiger partial charge on any atom is -0.412 e. The molecule has 0 aromatic heterocycles. The average molecular weight is 147 g/mol. The minimum absolute atomic E-state index is 0. The third-order valence-corrected chi connectivity index (χ3v) is 1.53. The highest BCUT2D eigenvalue weighted by molar-refractivity contribution is 4.50. The molecule has 0 fully saturated rings. The summed E-state index contributed by atoms with van der Waals surface area (Å²) in [5.74, 6) is 0. The first-order valence-corrected chi connectivity index (χ1v) is 4.07. The molecule has 0 spiro atoms. The zero-order valence-electron chi connectivity index (χ0n) is 7.48. The lowest BCUT2D eigenvalue weighted by atomic mass is 10.3. The Morgan fingerprint density at radius 3 is 1.50 bits per heavy atom. The van der Waals surface area contributed by atoms with Crippen LogP contribution >= 0.6 is 0 Å². The lowest BCUT2D eigenvalue weighted by Gasteiger charge is -2.17. The Kier molecular flexibility index (Phi) is 11.2. The fourth-order valence-corrected chi connectivity index (χ4v) is 1.06. The van der Waals surface area contributed by atoms with Crippen LogP contribution in [0, 0.1) is 0 Å². The van der Waals surface area contributed by atoms with E-state index < -0.39 is 0 Å². The maximum Gasteiger partial charge on any atom is -0.00215 e. The van der Waals surface area contributed by atoms with Gasteiger partial charge in [0.05, 0.1) is 0 Å². The number of nitrogens with zero attached hydrogens (tertiary/aromatic N) is 1. The van der Waals surface area contributed by atoms with E-state index in [1.54, 1.807) is 0 Å². The van der Waals surface area contributed by atoms with Gasteiger partial charge >= 0.3 is 0 Å². The molecule has 2 nitrogen and oxygen atoms in total. The van der Waals surface area contributed by atoms with Crippen LogP contribution in [0.25, 0.3) is 0 Å². The summed E-state index contributed by atoms with van der Waals surface area (Å²) in [6, 6.07) is 0. The quantitative estimate of drug-likeness (QED) is 0.577. The molecule has 0 aliphatic rings. The Bertz CT molecular complexity index is 51.2. The molecule has 64 valence electrons. The molecule has 0 heterocycles. The van der Waals surface area contributed by atoms with E-state index in [2.05, 4.69) is 25.7 Å². The van der Waals surface area contributed by atoms with Crippen molar-refractivity contribution in [2.45, 2.75) is 33.6 Å². The fourth-order valence-electron chi connectivity index (χ4n) is 1.06. The molecule has 0 atom stereocenters. The lowest BCUT2D eigenvalue weighted by Crippen LogP contribution is -2.24. The topological polar surface area (TPSA) is 34.7 Å². The summed E-state index contributed by atoms with van der Waals surface area (Å²) < 4.78 is 0. The van der Waals surface area contributed by atoms with Crippen LogP contribution in [0.2, 0.25) is 0 Å². The molecule has 0 aliphatic heterocycles. The molecule has 0 radical (unpaired) electrons. The van der Waals surface area contributed by atoms with Gasteiger partial charge in [0.1, 0.15) is 0 Å². The third-order valence-electron chi connectivity index (χ3n) is 1.53. The highest BCUT2D eigenvalue weighted by atomic mass is 16.0. The maximum absolute atomic E-state index is 2.49. The Morgan fingerprint density at radius 1 is 0.900 bits per heavy atom. The number of hydrogen-bond donors (Lipinski definition) is 0. The molecule has 0 saturated carbocycles. The Hall–Kier alpha value is -0.0800. The second-order valence-corrected chi connectivity index (χ2v) is 2.43. The summed E-state index contributed by atoms with van der Waals surface area (Å²) in [5, 5.41) is 0. The Labute approximate surface area is 64.5 Å². The molecule has 0 rings (SSSR count). The van der Waals surface area contributed by atoms with Crippen LogP contribution in [0.1, 0.15) is 33.6 Å². The van der Waals surface area contributed by atoms with Crippen LogP contribution in [0.3, 0.4) is 0 Å². The van der Waals surface area contributed by atoms with Crippen LogP contribution in [0.5, 0.6) is 0 Å². The van der Waals surface area contributed by atoms with Gasteiger partial charge in [-0.05, 0) is 32.5 Å². The molecule has 10 heavy (non-hydrogen) atoms. The van der Waals surface area contributed by atoms with Crippen LogP contribution < -0.4 is 0 Å². The van der Waals surface area contributed by atoms with Crippen LogP contribution in [0.15, 0.2) is 0 Å². The molecule has 0 aromatic carbocycles. The predicted molar refractivity (Wildman–Crippen MR) is 46.3 cm³/mol. The normalized spacial score (nSPS) is 9.60. The summed E-state index contributed by atoms with van der Waals surface area (Å²) in [7, 11) is 0. The third kappa shape index (κ3) is 6.05. The van der Waals surface area contributed by atoms with Gasteiger partial charge in [-0.1, -0.05) is 20.8 Å². The van der Waals surface area contributed by atoms with Gasteiger partial charge in [0.15, 0.2) is 0 Å². The van der Waals surface area contributed by atoms with Crippen molar-refractivity contribution >= 4 is 0 Å². The average Bonchev–Trinajstić information content (AvgIpc) is 1.88. The molecule has 0 unspecified atom stereocenters. The smallest absolute Gasteiger partial charge is 0.00215 e. The van der Waals surface area contributed by atoms with E-state index >= 15 is 0 Å². The van der Waals surface area contributed by atoms with Crippen molar-refractivity contribution in [3.63, 3.8) is 0 Å². The minimum atomic E-state index is 0. The van der Waals surface area contributed by atoms with Crippen molar-refractivity contribution in [3.8, 4) is 0 Å². The monoisotopic (exact) mass is 147 g/mol. The van der Waals surface area contributed by atoms with Gasteiger partial charge in [-0.25, -0.2) is 0 Å². The van der Waals surface area contributed by atoms with Gasteiger partial charge in [0.25, 0.3) is 0 Å². The zero-order valence-corrected chi connectivity index (χ0v) is 7.48. The van der Waals surface area contributed by atoms with Crippen molar-refractivity contribution in [3.05, 3.63) is 0 Å². The van der Waals surface area contributed by atoms with Crippen LogP contribution in [-0.4, -0.2) is 30.0 Å². The highest BCUT2D eigenvalue weighted by Crippen LogP contribution is 1.91. The molecule has 2 heteroatoms. The van der Waals surface area contributed by atoms with Gasteiger partial charge < -0.3 is 10.4 Å². The van der Waals surface area contributed by atoms with Gasteiger partial charge in [0.2, 0.25) is 0 Å². The van der Waals surface area contributed by atoms with E-state index in [0.29, 0.717) is 0 Å². The molecule has 0 aliphatic carbocycles. The van der Waals surface area contributed by atoms with E-state index in [4.69, 9.17) is 0 Å². The molecular weight excluding hydrogens is 126 g/mol. The maximum atomic E-state index is 2.49. The summed E-state index contributed by atoms with van der Waals surface area (Å²) in [5.41, 5.74) is 0. The lowest BCUT2D eigenvalue weighted by molar-refractivity contribution is 0.289. The van der Waals surface area contributed by atoms with E-state index in [1.807, 2.05) is 0 Å². The van der Waals surface area contributed by atoms with Gasteiger partial charge in [0, 0.05) is 0 Å². The molecule has 2 N–H and O–H groups in total. The van der Waals surface area contributed by atoms with Crippen LogP contribution in [-0.2, 0) is 0 Å². The Morgan fingerprint density at radius 2 is 1.30 bits per heavy atom. The first kappa shape index (κ1) is 12.6. The number of rotatable bonds is 5. The van der Waals surface area contributed by atoms with Crippen molar-refractivity contribution < 1.29 is 5.48 Å². The largest absolute Gasteiger partial charge is 0.412 e. The Balaban J connectivity index is 0. The van der Waals surface area contributed by atoms with E-state index in [9.17, 15) is 0 Å². The van der Waals surface area contributed by atoms with Crippen molar-refractivity contribution in [2.75, 3.05) is 19.6 Å². The van der Waals surface area contributed by atoms with Crippen molar-refractivity contribution in [1.29, 1.82) is 0 Å². The van der Waals surface area contributed by atoms with E-state index in [-0.39, 0.29) is 5.48 Å². The van der Waals surface area contributed by atoms with E-state index in [0.717, 1.165) is 0 Å². The summed E-state index contributed by atoms with van der Waals surface area (Å²) in [6.07, 6.45) is 2.57. The molecular formula is C8H21NO. The SMILES string of the molecule is CCCN(CC)CCC.O. The summed E-state index contributed by atoms with van der Waals surface area (Å²) in [6.45, 7) is 10.4. The zero-order chi connectivity index (χ0) is 7.11. The standard InChI is InChI=1S/C8H19N.H2O/c1-4-7-9(6-3)8-5-2;/h4-8H2,1-3H3;1H2. The van der Waals surface area contributed by atoms with Gasteiger partial charge in [-0.2, -0.15) is 0 Å².